The molecule has 2 rings (SSSR count). The Morgan fingerprint density at radius 3 is 2.79 bits per heavy atom. The molecule has 5 heteroatoms. The lowest BCUT2D eigenvalue weighted by Gasteiger charge is -2.06. The second-order valence-corrected chi connectivity index (χ2v) is 4.45. The first kappa shape index (κ1) is 13.3. The number of ketones is 1. The van der Waals surface area contributed by atoms with E-state index < -0.39 is 5.97 Å². The summed E-state index contributed by atoms with van der Waals surface area (Å²) >= 11 is 0. The van der Waals surface area contributed by atoms with Crippen molar-refractivity contribution in [2.75, 3.05) is 11.9 Å². The fourth-order valence-electron chi connectivity index (χ4n) is 1.92. The van der Waals surface area contributed by atoms with E-state index in [0.717, 1.165) is 11.3 Å². The van der Waals surface area contributed by atoms with Crippen LogP contribution in [-0.2, 0) is 14.3 Å². The number of ether oxygens (including phenoxy) is 1. The molecule has 0 fully saturated rings. The van der Waals surface area contributed by atoms with Crippen molar-refractivity contribution >= 4 is 23.3 Å². The summed E-state index contributed by atoms with van der Waals surface area (Å²) < 4.78 is 4.80. The number of Topliss-reactive ketones (excluding diaryl/α,β-unsaturated/α-hetero) is 1. The third kappa shape index (κ3) is 2.65. The molecule has 0 unspecified atom stereocenters. The van der Waals surface area contributed by atoms with Crippen LogP contribution in [0, 0.1) is 0 Å². The van der Waals surface area contributed by atoms with E-state index in [9.17, 15) is 14.4 Å². The summed E-state index contributed by atoms with van der Waals surface area (Å²) in [6.07, 6.45) is 0.243. The molecule has 5 nitrogen and oxygen atoms in total. The number of fused-ring (bicyclic) bond motifs is 1. The summed E-state index contributed by atoms with van der Waals surface area (Å²) in [5, 5.41) is 2.74. The van der Waals surface area contributed by atoms with Crippen LogP contribution < -0.4 is 5.32 Å². The predicted molar refractivity (Wildman–Crippen MR) is 69.1 cm³/mol. The van der Waals surface area contributed by atoms with Crippen LogP contribution in [0.3, 0.4) is 0 Å². The Bertz CT molecular complexity index is 550. The molecule has 0 saturated heterocycles. The third-order valence-corrected chi connectivity index (χ3v) is 3.14. The Morgan fingerprint density at radius 1 is 1.37 bits per heavy atom. The molecular weight excluding hydrogens is 246 g/mol. The number of carbonyl (C=O) groups is 3. The number of anilines is 1. The van der Waals surface area contributed by atoms with Crippen LogP contribution in [0.5, 0.6) is 0 Å². The highest BCUT2D eigenvalue weighted by atomic mass is 16.5. The van der Waals surface area contributed by atoms with Gasteiger partial charge in [0.1, 0.15) is 0 Å². The summed E-state index contributed by atoms with van der Waals surface area (Å²) in [6.45, 7) is 3.19. The summed E-state index contributed by atoms with van der Waals surface area (Å²) in [5.74, 6) is -1.01. The van der Waals surface area contributed by atoms with Crippen LogP contribution in [0.4, 0.5) is 5.69 Å². The van der Waals surface area contributed by atoms with Crippen molar-refractivity contribution in [2.24, 2.45) is 0 Å². The molecule has 0 aliphatic carbocycles. The Morgan fingerprint density at radius 2 is 2.11 bits per heavy atom. The van der Waals surface area contributed by atoms with E-state index in [-0.39, 0.29) is 30.6 Å². The van der Waals surface area contributed by atoms with Crippen molar-refractivity contribution < 1.29 is 19.1 Å². The predicted octanol–water partition coefficient (Wildman–Crippen LogP) is 1.88. The molecule has 1 aromatic rings. The highest BCUT2D eigenvalue weighted by Gasteiger charge is 2.27. The first-order valence-corrected chi connectivity index (χ1v) is 6.16. The van der Waals surface area contributed by atoms with E-state index in [0.29, 0.717) is 5.56 Å². The van der Waals surface area contributed by atoms with Crippen molar-refractivity contribution in [3.8, 4) is 0 Å². The number of rotatable bonds is 4. The zero-order valence-corrected chi connectivity index (χ0v) is 10.9. The number of hydrogen-bond acceptors (Lipinski definition) is 4. The molecule has 1 N–H and O–H groups in total. The fraction of sp³-hybridized carbons (Fsp3) is 0.357. The van der Waals surface area contributed by atoms with E-state index in [1.54, 1.807) is 32.0 Å². The van der Waals surface area contributed by atoms with Gasteiger partial charge in [-0.15, -0.1) is 0 Å². The zero-order valence-electron chi connectivity index (χ0n) is 10.9. The Balaban J connectivity index is 2.13. The van der Waals surface area contributed by atoms with Crippen molar-refractivity contribution in [2.45, 2.75) is 26.2 Å². The number of nitrogens with one attached hydrogen (secondary N) is 1. The van der Waals surface area contributed by atoms with Gasteiger partial charge in [-0.05, 0) is 30.7 Å². The molecular formula is C14H15NO4. The van der Waals surface area contributed by atoms with E-state index in [2.05, 4.69) is 5.32 Å². The first-order chi connectivity index (χ1) is 9.02. The minimum atomic E-state index is -0.403. The first-order valence-electron chi connectivity index (χ1n) is 6.16. The van der Waals surface area contributed by atoms with Crippen molar-refractivity contribution in [1.82, 2.24) is 0 Å². The Labute approximate surface area is 110 Å². The highest BCUT2D eigenvalue weighted by Crippen LogP contribution is 2.32. The Kier molecular flexibility index (Phi) is 3.64. The lowest BCUT2D eigenvalue weighted by Crippen LogP contribution is -2.13. The molecule has 1 atom stereocenters. The second kappa shape index (κ2) is 5.22. The van der Waals surface area contributed by atoms with E-state index in [1.807, 2.05) is 0 Å². The van der Waals surface area contributed by atoms with Gasteiger partial charge >= 0.3 is 5.97 Å². The quantitative estimate of drug-likeness (QED) is 0.663. The molecule has 1 amide bonds. The molecule has 1 aliphatic heterocycles. The van der Waals surface area contributed by atoms with Gasteiger partial charge < -0.3 is 10.1 Å². The van der Waals surface area contributed by atoms with Crippen LogP contribution in [-0.4, -0.2) is 24.3 Å². The summed E-state index contributed by atoms with van der Waals surface area (Å²) in [5.41, 5.74) is 1.99. The van der Waals surface area contributed by atoms with Gasteiger partial charge in [0.05, 0.1) is 5.92 Å². The Hall–Kier alpha value is -2.17. The summed E-state index contributed by atoms with van der Waals surface area (Å²) in [4.78, 5) is 34.4. The van der Waals surface area contributed by atoms with Crippen LogP contribution in [0.15, 0.2) is 18.2 Å². The minimum absolute atomic E-state index is 0.0722. The standard InChI is InChI=1S/C14H15NO4/c1-3-13(17)19-7-12(16)9-4-5-11-10(6-9)8(2)14(18)15-11/h4-6,8H,3,7H2,1-2H3,(H,15,18)/t8-/m1/s1. The number of amides is 1. The monoisotopic (exact) mass is 261 g/mol. The van der Waals surface area contributed by atoms with E-state index >= 15 is 0 Å². The normalized spacial score (nSPS) is 16.7. The number of hydrogen-bond donors (Lipinski definition) is 1. The number of esters is 1. The van der Waals surface area contributed by atoms with Crippen molar-refractivity contribution in [3.63, 3.8) is 0 Å². The maximum absolute atomic E-state index is 11.9. The lowest BCUT2D eigenvalue weighted by atomic mass is 9.99. The number of carbonyl (C=O) groups excluding carboxylic acids is 3. The van der Waals surface area contributed by atoms with Crippen LogP contribution in [0.1, 0.15) is 42.1 Å². The van der Waals surface area contributed by atoms with Gasteiger partial charge in [-0.25, -0.2) is 0 Å². The molecule has 100 valence electrons. The summed E-state index contributed by atoms with van der Waals surface area (Å²) in [7, 11) is 0. The van der Waals surface area contributed by atoms with Gasteiger partial charge in [0, 0.05) is 17.7 Å². The van der Waals surface area contributed by atoms with Crippen LogP contribution in [0.2, 0.25) is 0 Å². The second-order valence-electron chi connectivity index (χ2n) is 4.45. The molecule has 0 bridgehead atoms. The maximum Gasteiger partial charge on any atom is 0.305 e. The zero-order chi connectivity index (χ0) is 14.0. The van der Waals surface area contributed by atoms with Gasteiger partial charge in [-0.1, -0.05) is 6.92 Å². The molecule has 0 saturated carbocycles. The molecule has 19 heavy (non-hydrogen) atoms. The van der Waals surface area contributed by atoms with Crippen LogP contribution >= 0.6 is 0 Å². The van der Waals surface area contributed by atoms with Crippen molar-refractivity contribution in [3.05, 3.63) is 29.3 Å². The average molecular weight is 261 g/mol. The molecule has 0 spiro atoms. The van der Waals surface area contributed by atoms with Gasteiger partial charge in [0.2, 0.25) is 5.91 Å². The summed E-state index contributed by atoms with van der Waals surface area (Å²) in [6, 6.07) is 5.00. The average Bonchev–Trinajstić information content (AvgIpc) is 2.70. The maximum atomic E-state index is 11.9. The fourth-order valence-corrected chi connectivity index (χ4v) is 1.92. The van der Waals surface area contributed by atoms with Crippen LogP contribution in [0.25, 0.3) is 0 Å². The van der Waals surface area contributed by atoms with Gasteiger partial charge in [-0.3, -0.25) is 14.4 Å². The van der Waals surface area contributed by atoms with Crippen molar-refractivity contribution in [1.29, 1.82) is 0 Å². The van der Waals surface area contributed by atoms with E-state index in [4.69, 9.17) is 4.74 Å². The minimum Gasteiger partial charge on any atom is -0.457 e. The topological polar surface area (TPSA) is 72.5 Å². The molecule has 1 heterocycles. The molecule has 0 aromatic heterocycles. The molecule has 0 radical (unpaired) electrons. The van der Waals surface area contributed by atoms with E-state index in [1.165, 1.54) is 0 Å². The SMILES string of the molecule is CCC(=O)OCC(=O)c1ccc2c(c1)[C@@H](C)C(=O)N2. The molecule has 1 aliphatic rings. The van der Waals surface area contributed by atoms with Gasteiger partial charge in [0.25, 0.3) is 0 Å². The lowest BCUT2D eigenvalue weighted by molar-refractivity contribution is -0.142. The number of benzene rings is 1. The van der Waals surface area contributed by atoms with Gasteiger partial charge in [-0.2, -0.15) is 0 Å². The van der Waals surface area contributed by atoms with Gasteiger partial charge in [0.15, 0.2) is 12.4 Å². The molecule has 1 aromatic carbocycles. The third-order valence-electron chi connectivity index (χ3n) is 3.14. The highest BCUT2D eigenvalue weighted by molar-refractivity contribution is 6.05. The smallest absolute Gasteiger partial charge is 0.305 e. The largest absolute Gasteiger partial charge is 0.457 e.